The molecule has 0 amide bonds. The van der Waals surface area contributed by atoms with Crippen molar-refractivity contribution in [3.05, 3.63) is 164 Å². The Balaban J connectivity index is 1.30. The van der Waals surface area contributed by atoms with Crippen LogP contribution in [0.1, 0.15) is 20.8 Å². The van der Waals surface area contributed by atoms with E-state index in [-0.39, 0.29) is 5.54 Å². The van der Waals surface area contributed by atoms with Crippen LogP contribution in [-0.4, -0.2) is 4.57 Å². The SMILES string of the molecule is CC(C)(C)n1c2ccccc2c2cc(-c3ccc(N(c4ccccc4)c4ccc(-c5ccccc5)cc4)c4ccccc34)ccc21. The summed E-state index contributed by atoms with van der Waals surface area (Å²) in [6.45, 7) is 6.85. The number of hydrogen-bond donors (Lipinski definition) is 0. The maximum Gasteiger partial charge on any atom is 0.0540 e. The molecule has 0 bridgehead atoms. The summed E-state index contributed by atoms with van der Waals surface area (Å²) >= 11 is 0. The van der Waals surface area contributed by atoms with E-state index in [4.69, 9.17) is 0 Å². The van der Waals surface area contributed by atoms with Crippen LogP contribution in [0, 0.1) is 0 Å². The zero-order valence-corrected chi connectivity index (χ0v) is 26.5. The molecule has 222 valence electrons. The van der Waals surface area contributed by atoms with Crippen molar-refractivity contribution in [1.29, 1.82) is 0 Å². The monoisotopic (exact) mass is 592 g/mol. The van der Waals surface area contributed by atoms with E-state index in [0.29, 0.717) is 0 Å². The largest absolute Gasteiger partial charge is 0.335 e. The summed E-state index contributed by atoms with van der Waals surface area (Å²) < 4.78 is 2.48. The molecule has 0 radical (unpaired) electrons. The number of hydrogen-bond acceptors (Lipinski definition) is 1. The third kappa shape index (κ3) is 4.74. The normalized spacial score (nSPS) is 11.8. The van der Waals surface area contributed by atoms with E-state index in [9.17, 15) is 0 Å². The van der Waals surface area contributed by atoms with Gasteiger partial charge in [0.15, 0.2) is 0 Å². The molecule has 1 heterocycles. The number of nitrogens with zero attached hydrogens (tertiary/aromatic N) is 2. The summed E-state index contributed by atoms with van der Waals surface area (Å²) in [6.07, 6.45) is 0. The lowest BCUT2D eigenvalue weighted by Crippen LogP contribution is -2.21. The first kappa shape index (κ1) is 27.9. The quantitative estimate of drug-likeness (QED) is 0.193. The van der Waals surface area contributed by atoms with Crippen LogP contribution in [0.5, 0.6) is 0 Å². The maximum atomic E-state index is 2.48. The molecule has 46 heavy (non-hydrogen) atoms. The van der Waals surface area contributed by atoms with Crippen molar-refractivity contribution in [2.24, 2.45) is 0 Å². The molecular weight excluding hydrogens is 556 g/mol. The van der Waals surface area contributed by atoms with E-state index in [1.165, 1.54) is 54.8 Å². The van der Waals surface area contributed by atoms with Gasteiger partial charge in [-0.3, -0.25) is 0 Å². The third-order valence-corrected chi connectivity index (χ3v) is 9.04. The van der Waals surface area contributed by atoms with Crippen LogP contribution in [0.15, 0.2) is 164 Å². The van der Waals surface area contributed by atoms with Crippen molar-refractivity contribution < 1.29 is 0 Å². The Morgan fingerprint density at radius 2 is 0.957 bits per heavy atom. The minimum Gasteiger partial charge on any atom is -0.335 e. The Hall–Kier alpha value is -5.60. The molecule has 2 heteroatoms. The van der Waals surface area contributed by atoms with Crippen molar-refractivity contribution in [1.82, 2.24) is 4.57 Å². The van der Waals surface area contributed by atoms with Gasteiger partial charge in [0.1, 0.15) is 0 Å². The molecule has 7 aromatic carbocycles. The van der Waals surface area contributed by atoms with Gasteiger partial charge in [-0.25, -0.2) is 0 Å². The minimum absolute atomic E-state index is 0.0303. The van der Waals surface area contributed by atoms with Gasteiger partial charge in [0.05, 0.1) is 5.69 Å². The highest BCUT2D eigenvalue weighted by atomic mass is 15.1. The lowest BCUT2D eigenvalue weighted by molar-refractivity contribution is 0.423. The van der Waals surface area contributed by atoms with E-state index in [2.05, 4.69) is 194 Å². The standard InChI is InChI=1S/C44H36N2/c1-44(2,3)46-42-21-13-12-20-39(42)40-30-33(24-28-43(40)46)36-27-29-41(38-19-11-10-18-37(36)38)45(34-16-8-5-9-17-34)35-25-22-32(23-26-35)31-14-6-4-7-15-31/h4-30H,1-3H3. The molecule has 0 aliphatic rings. The van der Waals surface area contributed by atoms with Crippen molar-refractivity contribution in [3.63, 3.8) is 0 Å². The molecule has 0 N–H and O–H groups in total. The van der Waals surface area contributed by atoms with E-state index in [1.807, 2.05) is 0 Å². The third-order valence-electron chi connectivity index (χ3n) is 9.04. The fourth-order valence-electron chi connectivity index (χ4n) is 7.03. The second-order valence-electron chi connectivity index (χ2n) is 13.0. The lowest BCUT2D eigenvalue weighted by Gasteiger charge is -2.27. The van der Waals surface area contributed by atoms with Gasteiger partial charge in [-0.1, -0.05) is 115 Å². The fourth-order valence-corrected chi connectivity index (χ4v) is 7.03. The maximum absolute atomic E-state index is 2.48. The first-order valence-corrected chi connectivity index (χ1v) is 16.0. The van der Waals surface area contributed by atoms with Gasteiger partial charge in [0, 0.05) is 44.1 Å². The Morgan fingerprint density at radius 3 is 1.67 bits per heavy atom. The molecule has 0 aliphatic heterocycles. The zero-order valence-electron chi connectivity index (χ0n) is 26.5. The van der Waals surface area contributed by atoms with Crippen LogP contribution >= 0.6 is 0 Å². The van der Waals surface area contributed by atoms with Gasteiger partial charge in [-0.15, -0.1) is 0 Å². The number of aromatic nitrogens is 1. The summed E-state index contributed by atoms with van der Waals surface area (Å²) in [6, 6.07) is 59.3. The second-order valence-corrected chi connectivity index (χ2v) is 13.0. The van der Waals surface area contributed by atoms with Gasteiger partial charge in [-0.2, -0.15) is 0 Å². The van der Waals surface area contributed by atoms with Crippen molar-refractivity contribution >= 4 is 49.6 Å². The molecule has 2 nitrogen and oxygen atoms in total. The highest BCUT2D eigenvalue weighted by molar-refractivity contribution is 6.12. The van der Waals surface area contributed by atoms with Crippen molar-refractivity contribution in [2.75, 3.05) is 4.90 Å². The summed E-state index contributed by atoms with van der Waals surface area (Å²) in [5.41, 5.74) is 10.8. The first-order chi connectivity index (χ1) is 22.5. The molecule has 0 aliphatic carbocycles. The topological polar surface area (TPSA) is 8.17 Å². The van der Waals surface area contributed by atoms with Crippen molar-refractivity contribution in [3.8, 4) is 22.3 Å². The van der Waals surface area contributed by atoms with Gasteiger partial charge >= 0.3 is 0 Å². The average Bonchev–Trinajstić information content (AvgIpc) is 3.44. The summed E-state index contributed by atoms with van der Waals surface area (Å²) in [4.78, 5) is 2.38. The van der Waals surface area contributed by atoms with Crippen LogP contribution in [0.3, 0.4) is 0 Å². The molecule has 0 atom stereocenters. The number of para-hydroxylation sites is 2. The zero-order chi connectivity index (χ0) is 31.3. The molecule has 0 saturated carbocycles. The van der Waals surface area contributed by atoms with Crippen LogP contribution in [-0.2, 0) is 5.54 Å². The molecule has 0 saturated heterocycles. The Labute approximate surface area is 270 Å². The number of rotatable bonds is 5. The van der Waals surface area contributed by atoms with E-state index in [0.717, 1.165) is 17.1 Å². The van der Waals surface area contributed by atoms with Gasteiger partial charge < -0.3 is 9.47 Å². The van der Waals surface area contributed by atoms with Crippen molar-refractivity contribution in [2.45, 2.75) is 26.3 Å². The Kier molecular flexibility index (Phi) is 6.73. The summed E-state index contributed by atoms with van der Waals surface area (Å²) in [7, 11) is 0. The average molecular weight is 593 g/mol. The highest BCUT2D eigenvalue weighted by Gasteiger charge is 2.22. The molecular formula is C44H36N2. The molecule has 1 aromatic heterocycles. The number of benzene rings is 7. The fraction of sp³-hybridized carbons (Fsp3) is 0.0909. The number of anilines is 3. The lowest BCUT2D eigenvalue weighted by atomic mass is 9.95. The second kappa shape index (κ2) is 11.1. The van der Waals surface area contributed by atoms with Gasteiger partial charge in [0.25, 0.3) is 0 Å². The van der Waals surface area contributed by atoms with Gasteiger partial charge in [0.2, 0.25) is 0 Å². The number of fused-ring (bicyclic) bond motifs is 4. The smallest absolute Gasteiger partial charge is 0.0540 e. The van der Waals surface area contributed by atoms with E-state index < -0.39 is 0 Å². The Bertz CT molecular complexity index is 2320. The minimum atomic E-state index is -0.0303. The molecule has 8 rings (SSSR count). The predicted molar refractivity (Wildman–Crippen MR) is 198 cm³/mol. The summed E-state index contributed by atoms with van der Waals surface area (Å²) in [5.74, 6) is 0. The first-order valence-electron chi connectivity index (χ1n) is 16.0. The Morgan fingerprint density at radius 1 is 0.413 bits per heavy atom. The van der Waals surface area contributed by atoms with E-state index >= 15 is 0 Å². The van der Waals surface area contributed by atoms with Crippen LogP contribution < -0.4 is 4.90 Å². The van der Waals surface area contributed by atoms with Crippen LogP contribution in [0.2, 0.25) is 0 Å². The summed E-state index contributed by atoms with van der Waals surface area (Å²) in [5, 5.41) is 5.04. The molecule has 0 spiro atoms. The van der Waals surface area contributed by atoms with E-state index in [1.54, 1.807) is 0 Å². The van der Waals surface area contributed by atoms with Crippen LogP contribution in [0.25, 0.3) is 54.8 Å². The highest BCUT2D eigenvalue weighted by Crippen LogP contribution is 2.43. The molecule has 0 unspecified atom stereocenters. The van der Waals surface area contributed by atoms with Gasteiger partial charge in [-0.05, 0) is 96.9 Å². The predicted octanol–water partition coefficient (Wildman–Crippen LogP) is 12.5. The molecule has 0 fully saturated rings. The van der Waals surface area contributed by atoms with Crippen LogP contribution in [0.4, 0.5) is 17.1 Å². The molecule has 8 aromatic rings.